The van der Waals surface area contributed by atoms with Crippen LogP contribution >= 0.6 is 0 Å². The van der Waals surface area contributed by atoms with E-state index in [2.05, 4.69) is 10.3 Å². The summed E-state index contributed by atoms with van der Waals surface area (Å²) in [5.74, 6) is -0.946. The lowest BCUT2D eigenvalue weighted by Gasteiger charge is -2.40. The molecule has 1 aromatic rings. The summed E-state index contributed by atoms with van der Waals surface area (Å²) in [4.78, 5) is 31.0. The minimum Gasteiger partial charge on any atom is -0.481 e. The Morgan fingerprint density at radius 1 is 1.24 bits per heavy atom. The molecule has 9 heteroatoms. The van der Waals surface area contributed by atoms with Crippen molar-refractivity contribution in [2.24, 2.45) is 17.3 Å². The van der Waals surface area contributed by atoms with Gasteiger partial charge in [-0.3, -0.25) is 14.6 Å². The van der Waals surface area contributed by atoms with E-state index in [1.54, 1.807) is 4.90 Å². The van der Waals surface area contributed by atoms with Crippen LogP contribution < -0.4 is 5.32 Å². The van der Waals surface area contributed by atoms with Crippen molar-refractivity contribution in [1.29, 1.82) is 0 Å². The Balaban J connectivity index is 1.45. The maximum Gasteiger partial charge on any atom is 0.417 e. The fourth-order valence-corrected chi connectivity index (χ4v) is 6.15. The second-order valence-corrected chi connectivity index (χ2v) is 10.6. The number of carbonyl (C=O) groups is 2. The van der Waals surface area contributed by atoms with E-state index in [9.17, 15) is 27.9 Å². The number of hydrogen-bond acceptors (Lipinski definition) is 4. The van der Waals surface area contributed by atoms with Crippen molar-refractivity contribution in [2.75, 3.05) is 6.54 Å². The summed E-state index contributed by atoms with van der Waals surface area (Å²) >= 11 is 0. The first-order chi connectivity index (χ1) is 16.0. The fourth-order valence-electron chi connectivity index (χ4n) is 6.15. The zero-order valence-corrected chi connectivity index (χ0v) is 19.8. The maximum atomic E-state index is 13.8. The van der Waals surface area contributed by atoms with Crippen LogP contribution in [-0.4, -0.2) is 45.5 Å². The van der Waals surface area contributed by atoms with Crippen molar-refractivity contribution in [3.63, 3.8) is 0 Å². The number of amides is 1. The van der Waals surface area contributed by atoms with Gasteiger partial charge in [0, 0.05) is 43.5 Å². The topological polar surface area (TPSA) is 82.5 Å². The number of carboxylic acid groups (broad SMARTS) is 1. The molecule has 2 aliphatic carbocycles. The number of carboxylic acids is 1. The predicted octanol–water partition coefficient (Wildman–Crippen LogP) is 4.41. The minimum atomic E-state index is -4.46. The van der Waals surface area contributed by atoms with Gasteiger partial charge in [-0.1, -0.05) is 20.3 Å². The van der Waals surface area contributed by atoms with Crippen LogP contribution in [0.2, 0.25) is 0 Å². The number of aromatic nitrogens is 1. The van der Waals surface area contributed by atoms with Crippen molar-refractivity contribution < 1.29 is 27.9 Å². The van der Waals surface area contributed by atoms with E-state index in [0.29, 0.717) is 43.5 Å². The van der Waals surface area contributed by atoms with E-state index in [-0.39, 0.29) is 36.4 Å². The van der Waals surface area contributed by atoms with Crippen molar-refractivity contribution >= 4 is 11.9 Å². The fraction of sp³-hybridized carbons (Fsp3) is 0.720. The van der Waals surface area contributed by atoms with Crippen LogP contribution in [0.15, 0.2) is 12.3 Å². The molecule has 1 amide bonds. The van der Waals surface area contributed by atoms with Crippen molar-refractivity contribution in [2.45, 2.75) is 90.0 Å². The van der Waals surface area contributed by atoms with Gasteiger partial charge < -0.3 is 15.3 Å². The van der Waals surface area contributed by atoms with Gasteiger partial charge in [0.25, 0.3) is 0 Å². The van der Waals surface area contributed by atoms with Gasteiger partial charge in [0.2, 0.25) is 5.91 Å². The van der Waals surface area contributed by atoms with Crippen LogP contribution in [0.3, 0.4) is 0 Å². The van der Waals surface area contributed by atoms with Crippen LogP contribution in [0.5, 0.6) is 0 Å². The molecule has 3 aliphatic rings. The number of rotatable bonds is 5. The average molecular weight is 482 g/mol. The second-order valence-electron chi connectivity index (χ2n) is 10.6. The first-order valence-electron chi connectivity index (χ1n) is 12.3. The van der Waals surface area contributed by atoms with Crippen molar-refractivity contribution in [3.8, 4) is 0 Å². The average Bonchev–Trinajstić information content (AvgIpc) is 3.22. The molecule has 4 atom stereocenters. The highest BCUT2D eigenvalue weighted by molar-refractivity contribution is 5.83. The Morgan fingerprint density at radius 2 is 2.00 bits per heavy atom. The number of carbonyl (C=O) groups excluding carboxylic acids is 1. The summed E-state index contributed by atoms with van der Waals surface area (Å²) < 4.78 is 39.5. The summed E-state index contributed by atoms with van der Waals surface area (Å²) in [6, 6.07) is 1.41. The molecule has 0 saturated heterocycles. The number of nitrogens with zero attached hydrogens (tertiary/aromatic N) is 2. The standard InChI is InChI=1S/C25H34F3N3O3/c1-15(2)24(8-6-20(12-24)30-19-5-3-4-16(11-19)22(32)33)23(34)31-9-7-21-17(14-31)10-18(13-29-21)25(26,27)28/h10,13,15-16,19-20,30H,3-9,11-12,14H2,1-2H3,(H,32,33). The number of pyridine rings is 1. The lowest BCUT2D eigenvalue weighted by molar-refractivity contribution is -0.146. The van der Waals surface area contributed by atoms with Gasteiger partial charge in [-0.25, -0.2) is 0 Å². The highest BCUT2D eigenvalue weighted by Crippen LogP contribution is 2.47. The van der Waals surface area contributed by atoms with Crippen LogP contribution in [-0.2, 0) is 28.7 Å². The van der Waals surface area contributed by atoms with Gasteiger partial charge in [-0.15, -0.1) is 0 Å². The highest BCUT2D eigenvalue weighted by atomic mass is 19.4. The molecule has 1 aromatic heterocycles. The molecular formula is C25H34F3N3O3. The molecule has 2 N–H and O–H groups in total. The van der Waals surface area contributed by atoms with Crippen LogP contribution in [0.25, 0.3) is 0 Å². The molecule has 2 saturated carbocycles. The molecule has 0 spiro atoms. The normalized spacial score (nSPS) is 29.8. The van der Waals surface area contributed by atoms with E-state index in [4.69, 9.17) is 0 Å². The Morgan fingerprint density at radius 3 is 2.68 bits per heavy atom. The highest BCUT2D eigenvalue weighted by Gasteiger charge is 2.50. The first-order valence-corrected chi connectivity index (χ1v) is 12.3. The lowest BCUT2D eigenvalue weighted by Crippen LogP contribution is -2.49. The SMILES string of the molecule is CC(C)C1(C(=O)N2CCc3ncc(C(F)(F)F)cc3C2)CCC(NC2CCCC(C(=O)O)C2)C1. The molecule has 34 heavy (non-hydrogen) atoms. The van der Waals surface area contributed by atoms with E-state index >= 15 is 0 Å². The number of hydrogen-bond donors (Lipinski definition) is 2. The predicted molar refractivity (Wildman–Crippen MR) is 120 cm³/mol. The summed E-state index contributed by atoms with van der Waals surface area (Å²) in [6.07, 6.45) is 2.26. The Hall–Kier alpha value is -2.16. The van der Waals surface area contributed by atoms with Crippen molar-refractivity contribution in [3.05, 3.63) is 29.1 Å². The Kier molecular flexibility index (Phi) is 6.95. The second kappa shape index (κ2) is 9.47. The third kappa shape index (κ3) is 4.95. The van der Waals surface area contributed by atoms with Gasteiger partial charge >= 0.3 is 12.1 Å². The van der Waals surface area contributed by atoms with E-state index < -0.39 is 23.1 Å². The molecule has 2 fully saturated rings. The third-order valence-corrected chi connectivity index (χ3v) is 8.23. The van der Waals surface area contributed by atoms with Crippen LogP contribution in [0.4, 0.5) is 13.2 Å². The molecule has 6 nitrogen and oxygen atoms in total. The molecule has 4 unspecified atom stereocenters. The zero-order valence-electron chi connectivity index (χ0n) is 19.8. The number of alkyl halides is 3. The van der Waals surface area contributed by atoms with E-state index in [1.165, 1.54) is 0 Å². The number of aliphatic carboxylic acids is 1. The monoisotopic (exact) mass is 481 g/mol. The van der Waals surface area contributed by atoms with Gasteiger partial charge in [0.1, 0.15) is 0 Å². The molecule has 0 aromatic carbocycles. The number of halogens is 3. The summed E-state index contributed by atoms with van der Waals surface area (Å²) in [6.45, 7) is 4.70. The molecule has 1 aliphatic heterocycles. The Bertz CT molecular complexity index is 936. The first kappa shape index (κ1) is 24.9. The van der Waals surface area contributed by atoms with E-state index in [1.807, 2.05) is 13.8 Å². The summed E-state index contributed by atoms with van der Waals surface area (Å²) in [5.41, 5.74) is -0.239. The quantitative estimate of drug-likeness (QED) is 0.651. The van der Waals surface area contributed by atoms with Crippen LogP contribution in [0, 0.1) is 17.3 Å². The number of fused-ring (bicyclic) bond motifs is 1. The van der Waals surface area contributed by atoms with Gasteiger partial charge in [-0.05, 0) is 56.1 Å². The number of nitrogens with one attached hydrogen (secondary N) is 1. The smallest absolute Gasteiger partial charge is 0.417 e. The molecular weight excluding hydrogens is 447 g/mol. The van der Waals surface area contributed by atoms with Gasteiger partial charge in [-0.2, -0.15) is 13.2 Å². The molecule has 0 bridgehead atoms. The Labute approximate surface area is 198 Å². The summed E-state index contributed by atoms with van der Waals surface area (Å²) in [5, 5.41) is 13.0. The molecule has 188 valence electrons. The summed E-state index contributed by atoms with van der Waals surface area (Å²) in [7, 11) is 0. The molecule has 2 heterocycles. The third-order valence-electron chi connectivity index (χ3n) is 8.23. The van der Waals surface area contributed by atoms with E-state index in [0.717, 1.165) is 37.9 Å². The molecule has 0 radical (unpaired) electrons. The minimum absolute atomic E-state index is 0.0157. The largest absolute Gasteiger partial charge is 0.481 e. The van der Waals surface area contributed by atoms with Gasteiger partial charge in [0.05, 0.1) is 16.9 Å². The van der Waals surface area contributed by atoms with Crippen molar-refractivity contribution in [1.82, 2.24) is 15.2 Å². The van der Waals surface area contributed by atoms with Gasteiger partial charge in [0.15, 0.2) is 0 Å². The van der Waals surface area contributed by atoms with Crippen LogP contribution in [0.1, 0.15) is 75.6 Å². The maximum absolute atomic E-state index is 13.8. The lowest BCUT2D eigenvalue weighted by atomic mass is 9.73. The molecule has 4 rings (SSSR count). The zero-order chi connectivity index (χ0) is 24.7.